The standard InChI is InChI=1S/C13H16N2O2S/c1-8-4-3-5-10(6-8)14-13(18)15-11-7-9(2)17-12(11)16/h3-6,9,11H,7H2,1-2H3,(H2,14,15,18)/t9-,11-/m1/s1. The molecule has 2 rings (SSSR count). The smallest absolute Gasteiger partial charge is 0.329 e. The second kappa shape index (κ2) is 5.35. The van der Waals surface area contributed by atoms with Crippen LogP contribution >= 0.6 is 12.2 Å². The van der Waals surface area contributed by atoms with Gasteiger partial charge in [0, 0.05) is 12.1 Å². The highest BCUT2D eigenvalue weighted by atomic mass is 32.1. The van der Waals surface area contributed by atoms with Crippen LogP contribution in [-0.4, -0.2) is 23.2 Å². The summed E-state index contributed by atoms with van der Waals surface area (Å²) in [7, 11) is 0. The Balaban J connectivity index is 1.91. The zero-order chi connectivity index (χ0) is 13.1. The predicted molar refractivity (Wildman–Crippen MR) is 74.5 cm³/mol. The van der Waals surface area contributed by atoms with E-state index in [1.807, 2.05) is 38.1 Å². The highest BCUT2D eigenvalue weighted by molar-refractivity contribution is 7.80. The van der Waals surface area contributed by atoms with Crippen molar-refractivity contribution in [1.29, 1.82) is 0 Å². The van der Waals surface area contributed by atoms with Crippen molar-refractivity contribution in [1.82, 2.24) is 5.32 Å². The van der Waals surface area contributed by atoms with Crippen molar-refractivity contribution in [3.63, 3.8) is 0 Å². The molecule has 0 amide bonds. The third-order valence-corrected chi connectivity index (χ3v) is 2.97. The van der Waals surface area contributed by atoms with E-state index in [-0.39, 0.29) is 18.1 Å². The van der Waals surface area contributed by atoms with Crippen LogP contribution in [0.4, 0.5) is 5.69 Å². The van der Waals surface area contributed by atoms with Gasteiger partial charge in [-0.25, -0.2) is 4.79 Å². The van der Waals surface area contributed by atoms with Crippen LogP contribution in [-0.2, 0) is 9.53 Å². The fourth-order valence-electron chi connectivity index (χ4n) is 1.92. The first-order valence-corrected chi connectivity index (χ1v) is 6.30. The number of anilines is 1. The number of rotatable bonds is 2. The maximum absolute atomic E-state index is 11.5. The fraction of sp³-hybridized carbons (Fsp3) is 0.385. The zero-order valence-corrected chi connectivity index (χ0v) is 11.2. The average Bonchev–Trinajstić information content (AvgIpc) is 2.57. The molecule has 0 saturated carbocycles. The number of hydrogen-bond donors (Lipinski definition) is 2. The number of hydrogen-bond acceptors (Lipinski definition) is 3. The molecule has 0 aromatic heterocycles. The van der Waals surface area contributed by atoms with Crippen LogP contribution in [0, 0.1) is 6.92 Å². The van der Waals surface area contributed by atoms with Gasteiger partial charge in [0.15, 0.2) is 5.11 Å². The molecule has 2 atom stereocenters. The quantitative estimate of drug-likeness (QED) is 0.632. The highest BCUT2D eigenvalue weighted by Crippen LogP contribution is 2.14. The number of cyclic esters (lactones) is 1. The first-order valence-electron chi connectivity index (χ1n) is 5.89. The number of esters is 1. The van der Waals surface area contributed by atoms with Crippen molar-refractivity contribution < 1.29 is 9.53 Å². The van der Waals surface area contributed by atoms with Gasteiger partial charge in [0.25, 0.3) is 0 Å². The van der Waals surface area contributed by atoms with Crippen molar-refractivity contribution in [3.05, 3.63) is 29.8 Å². The van der Waals surface area contributed by atoms with Gasteiger partial charge in [-0.3, -0.25) is 0 Å². The van der Waals surface area contributed by atoms with E-state index in [0.29, 0.717) is 11.5 Å². The molecule has 0 unspecified atom stereocenters. The lowest BCUT2D eigenvalue weighted by Crippen LogP contribution is -2.40. The van der Waals surface area contributed by atoms with Gasteiger partial charge < -0.3 is 15.4 Å². The minimum Gasteiger partial charge on any atom is -0.461 e. The number of aryl methyl sites for hydroxylation is 1. The van der Waals surface area contributed by atoms with E-state index in [9.17, 15) is 4.79 Å². The largest absolute Gasteiger partial charge is 0.461 e. The molecule has 18 heavy (non-hydrogen) atoms. The third-order valence-electron chi connectivity index (χ3n) is 2.75. The van der Waals surface area contributed by atoms with Gasteiger partial charge in [0.1, 0.15) is 12.1 Å². The normalized spacial score (nSPS) is 22.4. The molecule has 0 aliphatic carbocycles. The maximum Gasteiger partial charge on any atom is 0.329 e. The SMILES string of the molecule is Cc1cccc(NC(=S)N[C@@H]2C[C@@H](C)OC2=O)c1. The van der Waals surface area contributed by atoms with Gasteiger partial charge in [-0.05, 0) is 43.8 Å². The van der Waals surface area contributed by atoms with E-state index in [4.69, 9.17) is 17.0 Å². The molecular weight excluding hydrogens is 248 g/mol. The number of thiocarbonyl (C=S) groups is 1. The number of carbonyl (C=O) groups is 1. The number of benzene rings is 1. The predicted octanol–water partition coefficient (Wildman–Crippen LogP) is 1.99. The molecule has 0 spiro atoms. The minimum absolute atomic E-state index is 0.0447. The summed E-state index contributed by atoms with van der Waals surface area (Å²) in [6, 6.07) is 7.54. The summed E-state index contributed by atoms with van der Waals surface area (Å²) in [5.41, 5.74) is 2.06. The zero-order valence-electron chi connectivity index (χ0n) is 10.4. The Kier molecular flexibility index (Phi) is 3.81. The Morgan fingerprint density at radius 1 is 1.50 bits per heavy atom. The maximum atomic E-state index is 11.5. The monoisotopic (exact) mass is 264 g/mol. The molecule has 96 valence electrons. The Labute approximate surface area is 112 Å². The van der Waals surface area contributed by atoms with E-state index in [0.717, 1.165) is 11.3 Å². The van der Waals surface area contributed by atoms with Crippen LogP contribution in [0.5, 0.6) is 0 Å². The summed E-state index contributed by atoms with van der Waals surface area (Å²) < 4.78 is 5.06. The van der Waals surface area contributed by atoms with Crippen molar-refractivity contribution in [2.75, 3.05) is 5.32 Å². The summed E-state index contributed by atoms with van der Waals surface area (Å²) in [6.45, 7) is 3.88. The Bertz CT molecular complexity index is 476. The molecule has 1 fully saturated rings. The average molecular weight is 264 g/mol. The molecule has 1 heterocycles. The molecule has 4 nitrogen and oxygen atoms in total. The number of ether oxygens (including phenoxy) is 1. The molecule has 5 heteroatoms. The van der Waals surface area contributed by atoms with Crippen LogP contribution in [0.2, 0.25) is 0 Å². The van der Waals surface area contributed by atoms with Gasteiger partial charge in [-0.2, -0.15) is 0 Å². The fourth-order valence-corrected chi connectivity index (χ4v) is 2.18. The number of nitrogens with one attached hydrogen (secondary N) is 2. The summed E-state index contributed by atoms with van der Waals surface area (Å²) in [5, 5.41) is 6.47. The van der Waals surface area contributed by atoms with E-state index in [2.05, 4.69) is 10.6 Å². The van der Waals surface area contributed by atoms with Crippen LogP contribution in [0.15, 0.2) is 24.3 Å². The van der Waals surface area contributed by atoms with Gasteiger partial charge >= 0.3 is 5.97 Å². The Hall–Kier alpha value is -1.62. The summed E-state index contributed by atoms with van der Waals surface area (Å²) in [5.74, 6) is -0.240. The molecule has 0 radical (unpaired) electrons. The topological polar surface area (TPSA) is 50.4 Å². The second-order valence-corrected chi connectivity index (χ2v) is 4.91. The van der Waals surface area contributed by atoms with Crippen LogP contribution < -0.4 is 10.6 Å². The van der Waals surface area contributed by atoms with E-state index < -0.39 is 0 Å². The Morgan fingerprint density at radius 3 is 2.89 bits per heavy atom. The van der Waals surface area contributed by atoms with Crippen LogP contribution in [0.1, 0.15) is 18.9 Å². The number of carbonyl (C=O) groups excluding carboxylic acids is 1. The molecule has 1 saturated heterocycles. The molecule has 0 bridgehead atoms. The van der Waals surface area contributed by atoms with E-state index in [1.165, 1.54) is 0 Å². The molecule has 2 N–H and O–H groups in total. The first-order chi connectivity index (χ1) is 8.54. The van der Waals surface area contributed by atoms with E-state index in [1.54, 1.807) is 0 Å². The van der Waals surface area contributed by atoms with Gasteiger partial charge in [-0.1, -0.05) is 12.1 Å². The summed E-state index contributed by atoms with van der Waals surface area (Å²) in [4.78, 5) is 11.5. The first kappa shape index (κ1) is 12.8. The summed E-state index contributed by atoms with van der Waals surface area (Å²) in [6.07, 6.45) is 0.603. The van der Waals surface area contributed by atoms with Crippen LogP contribution in [0.25, 0.3) is 0 Å². The molecule has 1 aromatic carbocycles. The van der Waals surface area contributed by atoms with Gasteiger partial charge in [-0.15, -0.1) is 0 Å². The van der Waals surface area contributed by atoms with Gasteiger partial charge in [0.05, 0.1) is 0 Å². The molecule has 1 aliphatic heterocycles. The Morgan fingerprint density at radius 2 is 2.28 bits per heavy atom. The lowest BCUT2D eigenvalue weighted by atomic mass is 10.2. The van der Waals surface area contributed by atoms with Crippen molar-refractivity contribution in [3.8, 4) is 0 Å². The lowest BCUT2D eigenvalue weighted by Gasteiger charge is -2.13. The summed E-state index contributed by atoms with van der Waals surface area (Å²) >= 11 is 5.18. The van der Waals surface area contributed by atoms with E-state index >= 15 is 0 Å². The molecule has 1 aromatic rings. The van der Waals surface area contributed by atoms with Gasteiger partial charge in [0.2, 0.25) is 0 Å². The molecule has 1 aliphatic rings. The minimum atomic E-state index is -0.343. The van der Waals surface area contributed by atoms with Crippen molar-refractivity contribution in [2.45, 2.75) is 32.4 Å². The third kappa shape index (κ3) is 3.20. The van der Waals surface area contributed by atoms with Crippen LogP contribution in [0.3, 0.4) is 0 Å². The van der Waals surface area contributed by atoms with Crippen molar-refractivity contribution in [2.24, 2.45) is 0 Å². The van der Waals surface area contributed by atoms with Crippen molar-refractivity contribution >= 4 is 29.0 Å². The second-order valence-electron chi connectivity index (χ2n) is 4.50. The lowest BCUT2D eigenvalue weighted by molar-refractivity contribution is -0.142. The highest BCUT2D eigenvalue weighted by Gasteiger charge is 2.32. The molecular formula is C13H16N2O2S.